The first-order valence-corrected chi connectivity index (χ1v) is 6.23. The molecule has 0 atom stereocenters. The van der Waals surface area contributed by atoms with Gasteiger partial charge in [-0.3, -0.25) is 10.4 Å². The lowest BCUT2D eigenvalue weighted by Gasteiger charge is -2.07. The molecule has 0 spiro atoms. The van der Waals surface area contributed by atoms with Crippen LogP contribution in [0.25, 0.3) is 0 Å². The largest absolute Gasteiger partial charge is 0.364 e. The molecule has 0 aliphatic rings. The number of hydrogen-bond acceptors (Lipinski definition) is 3. The Kier molecular flexibility index (Phi) is 6.50. The molecule has 6 heteroatoms. The maximum Gasteiger partial charge on any atom is 0.186 e. The van der Waals surface area contributed by atoms with Gasteiger partial charge < -0.3 is 5.32 Å². The first-order chi connectivity index (χ1) is 8.27. The third-order valence-corrected chi connectivity index (χ3v) is 2.62. The molecule has 0 aromatic carbocycles. The van der Waals surface area contributed by atoms with Crippen molar-refractivity contribution in [2.75, 3.05) is 12.9 Å². The molecule has 0 radical (unpaired) electrons. The van der Waals surface area contributed by atoms with E-state index in [1.54, 1.807) is 19.4 Å². The summed E-state index contributed by atoms with van der Waals surface area (Å²) in [6.45, 7) is 0. The predicted octanol–water partition coefficient (Wildman–Crippen LogP) is 1.90. The molecule has 0 aliphatic carbocycles. The Labute approximate surface area is 111 Å². The van der Waals surface area contributed by atoms with Gasteiger partial charge in [0.2, 0.25) is 0 Å². The van der Waals surface area contributed by atoms with E-state index in [9.17, 15) is 0 Å². The molecule has 0 fully saturated rings. The second-order valence-corrected chi connectivity index (χ2v) is 4.07. The molecule has 1 aromatic heterocycles. The van der Waals surface area contributed by atoms with Gasteiger partial charge in [-0.15, -0.1) is 11.6 Å². The molecule has 4 nitrogen and oxygen atoms in total. The van der Waals surface area contributed by atoms with Crippen LogP contribution in [0.1, 0.15) is 18.4 Å². The van der Waals surface area contributed by atoms with E-state index in [1.165, 1.54) is 0 Å². The summed E-state index contributed by atoms with van der Waals surface area (Å²) >= 11 is 10.7. The van der Waals surface area contributed by atoms with Crippen LogP contribution in [0.3, 0.4) is 0 Å². The molecule has 1 aromatic rings. The Hall–Kier alpha value is -1.20. The normalized spacial score (nSPS) is 11.1. The summed E-state index contributed by atoms with van der Waals surface area (Å²) < 4.78 is 0. The fourth-order valence-electron chi connectivity index (χ4n) is 1.21. The van der Waals surface area contributed by atoms with Gasteiger partial charge in [0.15, 0.2) is 5.11 Å². The molecule has 0 unspecified atom stereocenters. The van der Waals surface area contributed by atoms with Crippen LogP contribution >= 0.6 is 23.8 Å². The van der Waals surface area contributed by atoms with Crippen LogP contribution in [0.15, 0.2) is 29.6 Å². The van der Waals surface area contributed by atoms with Crippen LogP contribution in [0.2, 0.25) is 0 Å². The van der Waals surface area contributed by atoms with Gasteiger partial charge in [-0.1, -0.05) is 6.07 Å². The van der Waals surface area contributed by atoms with Gasteiger partial charge in [0.1, 0.15) is 0 Å². The monoisotopic (exact) mass is 270 g/mol. The van der Waals surface area contributed by atoms with Crippen LogP contribution in [0.5, 0.6) is 0 Å². The van der Waals surface area contributed by atoms with Gasteiger partial charge in [-0.25, -0.2) is 0 Å². The van der Waals surface area contributed by atoms with Gasteiger partial charge >= 0.3 is 0 Å². The zero-order valence-electron chi connectivity index (χ0n) is 9.61. The molecular weight excluding hydrogens is 256 g/mol. The quantitative estimate of drug-likeness (QED) is 0.371. The van der Waals surface area contributed by atoms with Crippen LogP contribution in [0.4, 0.5) is 0 Å². The lowest BCUT2D eigenvalue weighted by Crippen LogP contribution is -2.29. The minimum atomic E-state index is 0.484. The van der Waals surface area contributed by atoms with Crippen LogP contribution in [-0.2, 0) is 0 Å². The molecule has 0 aliphatic heterocycles. The Morgan fingerprint density at radius 3 is 3.00 bits per heavy atom. The van der Waals surface area contributed by atoms with Crippen molar-refractivity contribution in [3.05, 3.63) is 30.1 Å². The summed E-state index contributed by atoms with van der Waals surface area (Å²) in [7, 11) is 1.74. The first kappa shape index (κ1) is 13.9. The van der Waals surface area contributed by atoms with E-state index in [0.717, 1.165) is 24.1 Å². The Balaban J connectivity index is 2.76. The minimum absolute atomic E-state index is 0.484. The molecule has 0 saturated carbocycles. The van der Waals surface area contributed by atoms with Crippen molar-refractivity contribution in [1.82, 2.24) is 15.7 Å². The molecule has 0 bridgehead atoms. The zero-order valence-corrected chi connectivity index (χ0v) is 11.2. The van der Waals surface area contributed by atoms with Crippen LogP contribution in [0, 0.1) is 0 Å². The molecule has 1 heterocycles. The summed E-state index contributed by atoms with van der Waals surface area (Å²) in [6.07, 6.45) is 5.16. The van der Waals surface area contributed by atoms with Crippen molar-refractivity contribution in [2.24, 2.45) is 5.10 Å². The summed E-state index contributed by atoms with van der Waals surface area (Å²) in [5.74, 6) is 0.607. The summed E-state index contributed by atoms with van der Waals surface area (Å²) in [5.41, 5.74) is 4.65. The Bertz CT molecular complexity index is 380. The third kappa shape index (κ3) is 5.10. The van der Waals surface area contributed by atoms with Gasteiger partial charge in [-0.2, -0.15) is 5.10 Å². The van der Waals surface area contributed by atoms with Crippen LogP contribution in [-0.4, -0.2) is 28.7 Å². The van der Waals surface area contributed by atoms with Crippen molar-refractivity contribution in [2.45, 2.75) is 12.8 Å². The maximum absolute atomic E-state index is 5.69. The fraction of sp³-hybridized carbons (Fsp3) is 0.364. The van der Waals surface area contributed by atoms with E-state index in [4.69, 9.17) is 23.8 Å². The lowest BCUT2D eigenvalue weighted by molar-refractivity contribution is 0.934. The van der Waals surface area contributed by atoms with Gasteiger partial charge in [0.05, 0.1) is 5.71 Å². The van der Waals surface area contributed by atoms with Gasteiger partial charge in [0.25, 0.3) is 0 Å². The zero-order chi connectivity index (χ0) is 12.5. The van der Waals surface area contributed by atoms with Gasteiger partial charge in [-0.05, 0) is 31.1 Å². The Morgan fingerprint density at radius 1 is 1.59 bits per heavy atom. The van der Waals surface area contributed by atoms with E-state index in [1.807, 2.05) is 12.1 Å². The van der Waals surface area contributed by atoms with E-state index in [-0.39, 0.29) is 0 Å². The number of nitrogens with one attached hydrogen (secondary N) is 2. The Morgan fingerprint density at radius 2 is 2.41 bits per heavy atom. The highest BCUT2D eigenvalue weighted by molar-refractivity contribution is 7.80. The average Bonchev–Trinajstić information content (AvgIpc) is 2.39. The number of nitrogens with zero attached hydrogens (tertiary/aromatic N) is 2. The number of hydrazone groups is 1. The van der Waals surface area contributed by atoms with E-state index in [0.29, 0.717) is 11.0 Å². The number of thiocarbonyl (C=S) groups is 1. The smallest absolute Gasteiger partial charge is 0.186 e. The maximum atomic E-state index is 5.69. The number of pyridine rings is 1. The summed E-state index contributed by atoms with van der Waals surface area (Å²) in [5, 5.41) is 7.55. The number of halogens is 1. The highest BCUT2D eigenvalue weighted by Crippen LogP contribution is 2.05. The second-order valence-electron chi connectivity index (χ2n) is 3.28. The SMILES string of the molecule is CNC(=S)N/N=C(\CCCCl)c1cccnc1. The molecule has 17 heavy (non-hydrogen) atoms. The van der Waals surface area contributed by atoms with E-state index >= 15 is 0 Å². The molecular formula is C11H15ClN4S. The first-order valence-electron chi connectivity index (χ1n) is 5.28. The van der Waals surface area contributed by atoms with E-state index < -0.39 is 0 Å². The van der Waals surface area contributed by atoms with Crippen LogP contribution < -0.4 is 10.7 Å². The van der Waals surface area contributed by atoms with Crippen molar-refractivity contribution in [3.8, 4) is 0 Å². The lowest BCUT2D eigenvalue weighted by atomic mass is 10.1. The number of aromatic nitrogens is 1. The summed E-state index contributed by atoms with van der Waals surface area (Å²) in [6, 6.07) is 3.84. The highest BCUT2D eigenvalue weighted by Gasteiger charge is 2.03. The standard InChI is InChI=1S/C11H15ClN4S/c1-13-11(17)16-15-10(5-2-6-12)9-4-3-7-14-8-9/h3-4,7-8H,2,5-6H2,1H3,(H2,13,16,17)/b15-10+. The summed E-state index contributed by atoms with van der Waals surface area (Å²) in [4.78, 5) is 4.07. The number of rotatable bonds is 5. The highest BCUT2D eigenvalue weighted by atomic mass is 35.5. The van der Waals surface area contributed by atoms with Crippen molar-refractivity contribution < 1.29 is 0 Å². The molecule has 92 valence electrons. The van der Waals surface area contributed by atoms with Gasteiger partial charge in [0, 0.05) is 30.9 Å². The molecule has 0 amide bonds. The topological polar surface area (TPSA) is 49.3 Å². The van der Waals surface area contributed by atoms with Crippen molar-refractivity contribution in [3.63, 3.8) is 0 Å². The fourth-order valence-corrected chi connectivity index (χ4v) is 1.39. The van der Waals surface area contributed by atoms with E-state index in [2.05, 4.69) is 20.8 Å². The van der Waals surface area contributed by atoms with Crippen molar-refractivity contribution >= 4 is 34.6 Å². The number of alkyl halides is 1. The third-order valence-electron chi connectivity index (χ3n) is 2.06. The molecule has 0 saturated heterocycles. The minimum Gasteiger partial charge on any atom is -0.364 e. The molecule has 2 N–H and O–H groups in total. The number of hydrogen-bond donors (Lipinski definition) is 2. The van der Waals surface area contributed by atoms with Crippen molar-refractivity contribution in [1.29, 1.82) is 0 Å². The molecule has 1 rings (SSSR count). The average molecular weight is 271 g/mol. The second kappa shape index (κ2) is 7.97. The predicted molar refractivity (Wildman–Crippen MR) is 75.5 cm³/mol.